The zero-order valence-corrected chi connectivity index (χ0v) is 11.6. The Morgan fingerprint density at radius 1 is 1.50 bits per heavy atom. The molecule has 1 atom stereocenters. The molecular formula is C12H14N4S2. The number of hydrogen-bond acceptors (Lipinski definition) is 5. The van der Waals surface area contributed by atoms with Crippen LogP contribution in [0.4, 0.5) is 5.69 Å². The highest BCUT2D eigenvalue weighted by atomic mass is 32.1. The van der Waals surface area contributed by atoms with Gasteiger partial charge in [0.25, 0.3) is 0 Å². The van der Waals surface area contributed by atoms with Crippen molar-refractivity contribution in [1.82, 2.24) is 9.97 Å². The van der Waals surface area contributed by atoms with E-state index >= 15 is 0 Å². The lowest BCUT2D eigenvalue weighted by atomic mass is 10.2. The summed E-state index contributed by atoms with van der Waals surface area (Å²) in [5.41, 5.74) is 7.09. The lowest BCUT2D eigenvalue weighted by molar-refractivity contribution is 0.794. The summed E-state index contributed by atoms with van der Waals surface area (Å²) in [5, 5.41) is 6.44. The molecule has 4 nitrogen and oxygen atoms in total. The Kier molecular flexibility index (Phi) is 4.22. The molecule has 0 saturated heterocycles. The zero-order valence-electron chi connectivity index (χ0n) is 9.96. The number of aromatic nitrogens is 2. The molecule has 2 rings (SSSR count). The number of thiazole rings is 1. The van der Waals surface area contributed by atoms with Crippen LogP contribution < -0.4 is 11.1 Å². The van der Waals surface area contributed by atoms with Gasteiger partial charge in [0.05, 0.1) is 22.6 Å². The second-order valence-electron chi connectivity index (χ2n) is 3.95. The average Bonchev–Trinajstić information content (AvgIpc) is 2.90. The third kappa shape index (κ3) is 3.24. The zero-order chi connectivity index (χ0) is 13.0. The van der Waals surface area contributed by atoms with Crippen LogP contribution in [0, 0.1) is 0 Å². The summed E-state index contributed by atoms with van der Waals surface area (Å²) in [4.78, 5) is 8.79. The second-order valence-corrected chi connectivity index (χ2v) is 5.31. The third-order valence-electron chi connectivity index (χ3n) is 2.50. The Labute approximate surface area is 115 Å². The monoisotopic (exact) mass is 278 g/mol. The minimum Gasteiger partial charge on any atom is -0.388 e. The van der Waals surface area contributed by atoms with E-state index in [2.05, 4.69) is 22.2 Å². The summed E-state index contributed by atoms with van der Waals surface area (Å²) in [7, 11) is 0. The van der Waals surface area contributed by atoms with Crippen molar-refractivity contribution in [3.8, 4) is 0 Å². The molecule has 0 radical (unpaired) electrons. The molecule has 0 spiro atoms. The number of nitrogens with two attached hydrogens (primary N) is 1. The molecular weight excluding hydrogens is 264 g/mol. The maximum absolute atomic E-state index is 5.49. The van der Waals surface area contributed by atoms with Crippen molar-refractivity contribution in [3.63, 3.8) is 0 Å². The minimum absolute atomic E-state index is 0.317. The number of pyridine rings is 1. The van der Waals surface area contributed by atoms with E-state index in [1.807, 2.05) is 23.7 Å². The van der Waals surface area contributed by atoms with E-state index in [1.54, 1.807) is 17.5 Å². The van der Waals surface area contributed by atoms with E-state index < -0.39 is 0 Å². The molecule has 0 bridgehead atoms. The van der Waals surface area contributed by atoms with Crippen molar-refractivity contribution in [2.75, 3.05) is 11.9 Å². The number of anilines is 1. The van der Waals surface area contributed by atoms with Crippen LogP contribution in [-0.2, 0) is 0 Å². The third-order valence-corrected chi connectivity index (χ3v) is 3.72. The van der Waals surface area contributed by atoms with Crippen LogP contribution in [0.25, 0.3) is 0 Å². The number of nitrogens with zero attached hydrogens (tertiary/aromatic N) is 2. The first-order valence-corrected chi connectivity index (χ1v) is 6.84. The van der Waals surface area contributed by atoms with Crippen LogP contribution in [0.5, 0.6) is 0 Å². The molecule has 2 heterocycles. The molecule has 94 valence electrons. The number of thiocarbonyl (C=S) groups is 1. The van der Waals surface area contributed by atoms with Gasteiger partial charge < -0.3 is 11.1 Å². The van der Waals surface area contributed by atoms with Gasteiger partial charge in [-0.15, -0.1) is 11.3 Å². The van der Waals surface area contributed by atoms with Gasteiger partial charge in [-0.05, 0) is 12.1 Å². The largest absolute Gasteiger partial charge is 0.388 e. The molecule has 3 N–H and O–H groups in total. The summed E-state index contributed by atoms with van der Waals surface area (Å²) < 4.78 is 0. The van der Waals surface area contributed by atoms with Crippen molar-refractivity contribution in [3.05, 3.63) is 40.6 Å². The van der Waals surface area contributed by atoms with Gasteiger partial charge in [0.15, 0.2) is 0 Å². The number of rotatable bonds is 5. The average molecular weight is 278 g/mol. The van der Waals surface area contributed by atoms with Crippen molar-refractivity contribution in [2.45, 2.75) is 12.8 Å². The standard InChI is InChI=1S/C12H14N4S2/c1-8(12-14-4-5-18-12)6-15-9-2-3-10(11(13)17)16-7-9/h2-5,7-8,15H,6H2,1H3,(H2,13,17). The lowest BCUT2D eigenvalue weighted by Crippen LogP contribution is -2.13. The Bertz CT molecular complexity index is 507. The first-order chi connectivity index (χ1) is 8.66. The van der Waals surface area contributed by atoms with Gasteiger partial charge in [0, 0.05) is 24.0 Å². The molecule has 0 amide bonds. The van der Waals surface area contributed by atoms with Crippen LogP contribution in [0.3, 0.4) is 0 Å². The maximum atomic E-state index is 5.49. The minimum atomic E-state index is 0.317. The van der Waals surface area contributed by atoms with Crippen LogP contribution in [-0.4, -0.2) is 21.5 Å². The Hall–Kier alpha value is -1.53. The summed E-state index contributed by atoms with van der Waals surface area (Å²) in [6.45, 7) is 2.96. The highest BCUT2D eigenvalue weighted by Crippen LogP contribution is 2.18. The summed E-state index contributed by atoms with van der Waals surface area (Å²) in [5.74, 6) is 0.375. The number of nitrogens with one attached hydrogen (secondary N) is 1. The van der Waals surface area contributed by atoms with Crippen molar-refractivity contribution in [2.24, 2.45) is 5.73 Å². The Morgan fingerprint density at radius 2 is 2.33 bits per heavy atom. The second kappa shape index (κ2) is 5.88. The van der Waals surface area contributed by atoms with Crippen molar-refractivity contribution in [1.29, 1.82) is 0 Å². The summed E-state index contributed by atoms with van der Waals surface area (Å²) in [6.07, 6.45) is 3.57. The predicted octanol–water partition coefficient (Wildman–Crippen LogP) is 2.39. The summed E-state index contributed by atoms with van der Waals surface area (Å²) in [6, 6.07) is 3.74. The van der Waals surface area contributed by atoms with E-state index in [-0.39, 0.29) is 0 Å². The van der Waals surface area contributed by atoms with Crippen LogP contribution >= 0.6 is 23.6 Å². The van der Waals surface area contributed by atoms with Crippen molar-refractivity contribution >= 4 is 34.2 Å². The molecule has 2 aromatic rings. The molecule has 1 unspecified atom stereocenters. The number of hydrogen-bond donors (Lipinski definition) is 2. The van der Waals surface area contributed by atoms with Gasteiger partial charge in [-0.3, -0.25) is 4.98 Å². The Balaban J connectivity index is 1.92. The van der Waals surface area contributed by atoms with Crippen LogP contribution in [0.15, 0.2) is 29.9 Å². The van der Waals surface area contributed by atoms with Gasteiger partial charge in [0.2, 0.25) is 0 Å². The van der Waals surface area contributed by atoms with E-state index in [4.69, 9.17) is 18.0 Å². The van der Waals surface area contributed by atoms with Crippen LogP contribution in [0.2, 0.25) is 0 Å². The van der Waals surface area contributed by atoms with Crippen LogP contribution in [0.1, 0.15) is 23.5 Å². The molecule has 18 heavy (non-hydrogen) atoms. The molecule has 2 aromatic heterocycles. The quantitative estimate of drug-likeness (QED) is 0.822. The molecule has 0 fully saturated rings. The molecule has 0 saturated carbocycles. The van der Waals surface area contributed by atoms with Gasteiger partial charge in [0.1, 0.15) is 4.99 Å². The highest BCUT2D eigenvalue weighted by molar-refractivity contribution is 7.80. The van der Waals surface area contributed by atoms with Gasteiger partial charge in [-0.2, -0.15) is 0 Å². The molecule has 0 aliphatic carbocycles. The van der Waals surface area contributed by atoms with Gasteiger partial charge in [-0.25, -0.2) is 4.98 Å². The summed E-state index contributed by atoms with van der Waals surface area (Å²) >= 11 is 6.53. The van der Waals surface area contributed by atoms with E-state index in [9.17, 15) is 0 Å². The first kappa shape index (κ1) is 12.9. The van der Waals surface area contributed by atoms with E-state index in [0.29, 0.717) is 16.6 Å². The Morgan fingerprint density at radius 3 is 2.89 bits per heavy atom. The fraction of sp³-hybridized carbons (Fsp3) is 0.250. The van der Waals surface area contributed by atoms with Gasteiger partial charge >= 0.3 is 0 Å². The lowest BCUT2D eigenvalue weighted by Gasteiger charge is -2.11. The molecule has 0 aliphatic heterocycles. The normalized spacial score (nSPS) is 12.1. The van der Waals surface area contributed by atoms with E-state index in [1.165, 1.54) is 0 Å². The maximum Gasteiger partial charge on any atom is 0.122 e. The first-order valence-electron chi connectivity index (χ1n) is 5.56. The van der Waals surface area contributed by atoms with E-state index in [0.717, 1.165) is 17.2 Å². The smallest absolute Gasteiger partial charge is 0.122 e. The topological polar surface area (TPSA) is 63.8 Å². The molecule has 0 aromatic carbocycles. The fourth-order valence-corrected chi connectivity index (χ4v) is 2.30. The highest BCUT2D eigenvalue weighted by Gasteiger charge is 2.07. The van der Waals surface area contributed by atoms with Crippen molar-refractivity contribution < 1.29 is 0 Å². The van der Waals surface area contributed by atoms with Gasteiger partial charge in [-0.1, -0.05) is 19.1 Å². The predicted molar refractivity (Wildman–Crippen MR) is 79.1 cm³/mol. The fourth-order valence-electron chi connectivity index (χ4n) is 1.48. The molecule has 6 heteroatoms. The SMILES string of the molecule is CC(CNc1ccc(C(N)=S)nc1)c1nccs1. The molecule has 0 aliphatic rings.